The van der Waals surface area contributed by atoms with Crippen molar-refractivity contribution in [2.45, 2.75) is 104 Å². The highest BCUT2D eigenvalue weighted by molar-refractivity contribution is 5.44. The molecule has 0 bridgehead atoms. The monoisotopic (exact) mass is 454 g/mol. The minimum Gasteiger partial charge on any atom is -0.0885 e. The molecule has 0 spiro atoms. The topological polar surface area (TPSA) is 0 Å². The molecule has 2 aromatic carbocycles. The lowest BCUT2D eigenvalue weighted by Gasteiger charge is -2.28. The lowest BCUT2D eigenvalue weighted by Crippen LogP contribution is -2.15. The van der Waals surface area contributed by atoms with Crippen LogP contribution in [0.2, 0.25) is 0 Å². The first-order valence-electron chi connectivity index (χ1n) is 14.1. The van der Waals surface area contributed by atoms with Gasteiger partial charge in [-0.1, -0.05) is 120 Å². The van der Waals surface area contributed by atoms with E-state index in [1.54, 1.807) is 0 Å². The number of hydrogen-bond acceptors (Lipinski definition) is 0. The normalized spacial score (nSPS) is 18.1. The predicted octanol–water partition coefficient (Wildman–Crippen LogP) is 9.69. The Morgan fingerprint density at radius 3 is 1.68 bits per heavy atom. The molecule has 1 saturated carbocycles. The molecule has 0 atom stereocenters. The Morgan fingerprint density at radius 2 is 1.12 bits per heavy atom. The van der Waals surface area contributed by atoms with Crippen molar-refractivity contribution >= 4 is 0 Å². The lowest BCUT2D eigenvalue weighted by molar-refractivity contribution is 0.250. The van der Waals surface area contributed by atoms with Crippen LogP contribution in [0, 0.1) is 23.7 Å². The maximum atomic E-state index is 3.35. The second-order valence-electron chi connectivity index (χ2n) is 10.4. The number of aryl methyl sites for hydroxylation is 2. The van der Waals surface area contributed by atoms with Gasteiger partial charge in [0.25, 0.3) is 0 Å². The SMILES string of the molecule is CCCC/C=C/CCc1ccc(C#Cc2ccc(CCC3CCC(CCCC)CC3)cc2)cc1. The molecular formula is C34H46. The van der Waals surface area contributed by atoms with Gasteiger partial charge in [-0.15, -0.1) is 0 Å². The Kier molecular flexibility index (Phi) is 12.1. The Hall–Kier alpha value is -2.26. The highest BCUT2D eigenvalue weighted by Crippen LogP contribution is 2.34. The summed E-state index contributed by atoms with van der Waals surface area (Å²) in [6.45, 7) is 4.56. The second-order valence-corrected chi connectivity index (χ2v) is 10.4. The van der Waals surface area contributed by atoms with Gasteiger partial charge in [-0.2, -0.15) is 0 Å². The van der Waals surface area contributed by atoms with E-state index in [1.165, 1.54) is 88.2 Å². The number of allylic oxidation sites excluding steroid dienone is 2. The Labute approximate surface area is 210 Å². The van der Waals surface area contributed by atoms with Crippen LogP contribution in [0.3, 0.4) is 0 Å². The predicted molar refractivity (Wildman–Crippen MR) is 149 cm³/mol. The molecule has 0 amide bonds. The molecule has 2 aromatic rings. The molecule has 0 aromatic heterocycles. The molecule has 0 unspecified atom stereocenters. The van der Waals surface area contributed by atoms with E-state index in [1.807, 2.05) is 0 Å². The molecule has 182 valence electrons. The van der Waals surface area contributed by atoms with Gasteiger partial charge in [0.05, 0.1) is 0 Å². The van der Waals surface area contributed by atoms with Gasteiger partial charge in [0.2, 0.25) is 0 Å². The first-order valence-corrected chi connectivity index (χ1v) is 14.1. The van der Waals surface area contributed by atoms with E-state index in [2.05, 4.69) is 86.4 Å². The molecular weight excluding hydrogens is 408 g/mol. The maximum absolute atomic E-state index is 3.35. The molecule has 0 radical (unpaired) electrons. The second kappa shape index (κ2) is 15.6. The lowest BCUT2D eigenvalue weighted by atomic mass is 9.78. The van der Waals surface area contributed by atoms with Gasteiger partial charge in [-0.25, -0.2) is 0 Å². The van der Waals surface area contributed by atoms with Crippen LogP contribution in [0.25, 0.3) is 0 Å². The summed E-state index contributed by atoms with van der Waals surface area (Å²) in [6, 6.07) is 17.7. The zero-order valence-corrected chi connectivity index (χ0v) is 21.8. The Bertz CT molecular complexity index is 880. The summed E-state index contributed by atoms with van der Waals surface area (Å²) in [5, 5.41) is 0. The molecule has 1 fully saturated rings. The average Bonchev–Trinajstić information content (AvgIpc) is 2.89. The van der Waals surface area contributed by atoms with Crippen LogP contribution >= 0.6 is 0 Å². The van der Waals surface area contributed by atoms with Crippen LogP contribution in [0.5, 0.6) is 0 Å². The number of unbranched alkanes of at least 4 members (excludes halogenated alkanes) is 3. The van der Waals surface area contributed by atoms with E-state index in [4.69, 9.17) is 0 Å². The maximum Gasteiger partial charge on any atom is 0.0249 e. The molecule has 34 heavy (non-hydrogen) atoms. The van der Waals surface area contributed by atoms with Crippen molar-refractivity contribution in [3.8, 4) is 11.8 Å². The van der Waals surface area contributed by atoms with E-state index >= 15 is 0 Å². The van der Waals surface area contributed by atoms with Gasteiger partial charge in [0, 0.05) is 11.1 Å². The summed E-state index contributed by atoms with van der Waals surface area (Å²) in [5.41, 5.74) is 5.07. The summed E-state index contributed by atoms with van der Waals surface area (Å²) in [4.78, 5) is 0. The molecule has 0 heterocycles. The molecule has 0 aliphatic heterocycles. The van der Waals surface area contributed by atoms with Crippen molar-refractivity contribution in [3.05, 3.63) is 82.9 Å². The fraction of sp³-hybridized carbons (Fsp3) is 0.529. The van der Waals surface area contributed by atoms with E-state index in [9.17, 15) is 0 Å². The first-order chi connectivity index (χ1) is 16.8. The Balaban J connectivity index is 1.39. The van der Waals surface area contributed by atoms with Gasteiger partial charge >= 0.3 is 0 Å². The standard InChI is InChI=1S/C34H46/c1-3-5-7-8-9-10-12-30-15-19-32(20-16-30)22-24-34-27-25-33(26-28-34)23-21-31-17-13-29(14-18-31)11-6-4-2/h8-9,15-16,19-20,25-29,31H,3-7,10-14,17-18,21,23H2,1-2H3/b9-8+. The fourth-order valence-corrected chi connectivity index (χ4v) is 5.13. The van der Waals surface area contributed by atoms with Crippen molar-refractivity contribution in [3.63, 3.8) is 0 Å². The quantitative estimate of drug-likeness (QED) is 0.170. The number of benzene rings is 2. The summed E-state index contributed by atoms with van der Waals surface area (Å²) in [5.74, 6) is 8.64. The van der Waals surface area contributed by atoms with Crippen molar-refractivity contribution in [1.29, 1.82) is 0 Å². The van der Waals surface area contributed by atoms with E-state index < -0.39 is 0 Å². The minimum absolute atomic E-state index is 0.942. The van der Waals surface area contributed by atoms with Crippen molar-refractivity contribution in [2.24, 2.45) is 11.8 Å². The van der Waals surface area contributed by atoms with Crippen LogP contribution in [-0.2, 0) is 12.8 Å². The summed E-state index contributed by atoms with van der Waals surface area (Å²) >= 11 is 0. The largest absolute Gasteiger partial charge is 0.0885 e. The minimum atomic E-state index is 0.942. The van der Waals surface area contributed by atoms with Crippen molar-refractivity contribution in [1.82, 2.24) is 0 Å². The summed E-state index contributed by atoms with van der Waals surface area (Å²) < 4.78 is 0. The summed E-state index contributed by atoms with van der Waals surface area (Å²) in [6.07, 6.45) is 23.3. The van der Waals surface area contributed by atoms with Crippen LogP contribution in [-0.4, -0.2) is 0 Å². The fourth-order valence-electron chi connectivity index (χ4n) is 5.13. The van der Waals surface area contributed by atoms with Crippen molar-refractivity contribution in [2.75, 3.05) is 0 Å². The average molecular weight is 455 g/mol. The first kappa shape index (κ1) is 26.3. The van der Waals surface area contributed by atoms with Crippen molar-refractivity contribution < 1.29 is 0 Å². The molecule has 0 nitrogen and oxygen atoms in total. The van der Waals surface area contributed by atoms with Crippen LogP contribution < -0.4 is 0 Å². The van der Waals surface area contributed by atoms with Gasteiger partial charge in [-0.05, 0) is 79.3 Å². The van der Waals surface area contributed by atoms with E-state index in [-0.39, 0.29) is 0 Å². The van der Waals surface area contributed by atoms with E-state index in [0.717, 1.165) is 35.8 Å². The molecule has 3 rings (SSSR count). The smallest absolute Gasteiger partial charge is 0.0249 e. The van der Waals surface area contributed by atoms with Gasteiger partial charge < -0.3 is 0 Å². The third-order valence-corrected chi connectivity index (χ3v) is 7.52. The third-order valence-electron chi connectivity index (χ3n) is 7.52. The molecule has 1 aliphatic rings. The number of rotatable bonds is 12. The zero-order chi connectivity index (χ0) is 23.8. The van der Waals surface area contributed by atoms with Crippen LogP contribution in [0.4, 0.5) is 0 Å². The third kappa shape index (κ3) is 9.93. The number of hydrogen-bond donors (Lipinski definition) is 0. The molecule has 1 aliphatic carbocycles. The zero-order valence-electron chi connectivity index (χ0n) is 21.8. The van der Waals surface area contributed by atoms with Crippen LogP contribution in [0.1, 0.15) is 113 Å². The molecule has 0 N–H and O–H groups in total. The Morgan fingerprint density at radius 1 is 0.618 bits per heavy atom. The van der Waals surface area contributed by atoms with Crippen LogP contribution in [0.15, 0.2) is 60.7 Å². The summed E-state index contributed by atoms with van der Waals surface area (Å²) in [7, 11) is 0. The van der Waals surface area contributed by atoms with Gasteiger partial charge in [-0.3, -0.25) is 0 Å². The molecule has 0 saturated heterocycles. The molecule has 0 heteroatoms. The van der Waals surface area contributed by atoms with Gasteiger partial charge in [0.15, 0.2) is 0 Å². The highest BCUT2D eigenvalue weighted by Gasteiger charge is 2.20. The van der Waals surface area contributed by atoms with E-state index in [0.29, 0.717) is 0 Å². The van der Waals surface area contributed by atoms with Gasteiger partial charge in [0.1, 0.15) is 0 Å². The highest BCUT2D eigenvalue weighted by atomic mass is 14.3.